The lowest BCUT2D eigenvalue weighted by atomic mass is 10.2. The van der Waals surface area contributed by atoms with Gasteiger partial charge in [-0.1, -0.05) is 12.1 Å². The topological polar surface area (TPSA) is 64.3 Å². The summed E-state index contributed by atoms with van der Waals surface area (Å²) in [5, 5.41) is 0.437. The van der Waals surface area contributed by atoms with Crippen molar-refractivity contribution in [2.45, 2.75) is 20.4 Å². The maximum absolute atomic E-state index is 12.3. The fourth-order valence-electron chi connectivity index (χ4n) is 2.41. The summed E-state index contributed by atoms with van der Waals surface area (Å²) in [5.74, 6) is -0.133. The fourth-order valence-corrected chi connectivity index (χ4v) is 2.41. The van der Waals surface area contributed by atoms with Crippen LogP contribution >= 0.6 is 0 Å². The Morgan fingerprint density at radius 1 is 1.14 bits per heavy atom. The van der Waals surface area contributed by atoms with Crippen LogP contribution in [0.4, 0.5) is 0 Å². The first-order valence-corrected chi connectivity index (χ1v) is 6.97. The molecule has 0 fully saturated rings. The van der Waals surface area contributed by atoms with Crippen LogP contribution in [0, 0.1) is 0 Å². The molecule has 0 atom stereocenters. The lowest BCUT2D eigenvalue weighted by molar-refractivity contribution is -0.131. The molecule has 1 heterocycles. The van der Waals surface area contributed by atoms with Gasteiger partial charge in [0.25, 0.3) is 5.56 Å². The second-order valence-corrected chi connectivity index (χ2v) is 4.82. The van der Waals surface area contributed by atoms with Gasteiger partial charge in [0.05, 0.1) is 10.9 Å². The molecular weight excluding hydrogens is 270 g/mol. The third kappa shape index (κ3) is 2.61. The number of rotatable bonds is 4. The molecule has 0 saturated heterocycles. The molecule has 6 heteroatoms. The van der Waals surface area contributed by atoms with E-state index in [9.17, 15) is 14.4 Å². The molecule has 6 nitrogen and oxygen atoms in total. The Kier molecular flexibility index (Phi) is 4.26. The zero-order chi connectivity index (χ0) is 15.6. The van der Waals surface area contributed by atoms with Crippen molar-refractivity contribution in [3.05, 3.63) is 45.1 Å². The van der Waals surface area contributed by atoms with E-state index in [0.29, 0.717) is 24.0 Å². The van der Waals surface area contributed by atoms with E-state index in [2.05, 4.69) is 0 Å². The Morgan fingerprint density at radius 2 is 1.76 bits per heavy atom. The molecule has 0 aliphatic carbocycles. The van der Waals surface area contributed by atoms with Crippen LogP contribution < -0.4 is 11.2 Å². The third-order valence-corrected chi connectivity index (χ3v) is 3.66. The standard InChI is InChI=1S/C15H19N3O3/c1-4-17(5-2)13(19)10-18-12-9-7-6-8-11(12)14(20)16(3)15(18)21/h6-9H,4-5,10H2,1-3H3. The van der Waals surface area contributed by atoms with E-state index in [4.69, 9.17) is 0 Å². The Bertz CT molecular complexity index is 785. The lowest BCUT2D eigenvalue weighted by Crippen LogP contribution is -2.42. The van der Waals surface area contributed by atoms with Gasteiger partial charge in [-0.25, -0.2) is 4.79 Å². The van der Waals surface area contributed by atoms with Gasteiger partial charge < -0.3 is 4.90 Å². The highest BCUT2D eigenvalue weighted by Crippen LogP contribution is 2.07. The highest BCUT2D eigenvalue weighted by Gasteiger charge is 2.15. The van der Waals surface area contributed by atoms with Gasteiger partial charge in [-0.05, 0) is 26.0 Å². The van der Waals surface area contributed by atoms with Crippen LogP contribution in [-0.4, -0.2) is 33.0 Å². The molecule has 2 rings (SSSR count). The minimum Gasteiger partial charge on any atom is -0.342 e. The number of likely N-dealkylation sites (N-methyl/N-ethyl adjacent to an activating group) is 1. The summed E-state index contributed by atoms with van der Waals surface area (Å²) in [6.45, 7) is 4.91. The van der Waals surface area contributed by atoms with E-state index in [1.807, 2.05) is 13.8 Å². The molecule has 1 aromatic heterocycles. The van der Waals surface area contributed by atoms with Crippen molar-refractivity contribution < 1.29 is 4.79 Å². The van der Waals surface area contributed by atoms with Crippen molar-refractivity contribution in [3.63, 3.8) is 0 Å². The summed E-state index contributed by atoms with van der Waals surface area (Å²) >= 11 is 0. The SMILES string of the molecule is CCN(CC)C(=O)Cn1c(=O)n(C)c(=O)c2ccccc21. The minimum absolute atomic E-state index is 0.0604. The lowest BCUT2D eigenvalue weighted by Gasteiger charge is -2.20. The normalized spacial score (nSPS) is 10.8. The smallest absolute Gasteiger partial charge is 0.331 e. The van der Waals surface area contributed by atoms with Crippen LogP contribution in [0.2, 0.25) is 0 Å². The first kappa shape index (κ1) is 15.0. The second kappa shape index (κ2) is 5.95. The Balaban J connectivity index is 2.62. The average molecular weight is 289 g/mol. The summed E-state index contributed by atoms with van der Waals surface area (Å²) in [4.78, 5) is 38.3. The van der Waals surface area contributed by atoms with Crippen LogP contribution in [0.5, 0.6) is 0 Å². The fraction of sp³-hybridized carbons (Fsp3) is 0.400. The third-order valence-electron chi connectivity index (χ3n) is 3.66. The number of aromatic nitrogens is 2. The van der Waals surface area contributed by atoms with E-state index in [1.54, 1.807) is 29.2 Å². The molecule has 2 aromatic rings. The number of para-hydroxylation sites is 1. The maximum atomic E-state index is 12.3. The van der Waals surface area contributed by atoms with Gasteiger partial charge in [0.1, 0.15) is 6.54 Å². The van der Waals surface area contributed by atoms with Gasteiger partial charge in [0, 0.05) is 20.1 Å². The number of nitrogens with zero attached hydrogens (tertiary/aromatic N) is 3. The van der Waals surface area contributed by atoms with Gasteiger partial charge in [-0.15, -0.1) is 0 Å². The first-order chi connectivity index (χ1) is 10.0. The molecule has 0 spiro atoms. The number of hydrogen-bond acceptors (Lipinski definition) is 3. The van der Waals surface area contributed by atoms with E-state index < -0.39 is 5.69 Å². The minimum atomic E-state index is -0.473. The Hall–Kier alpha value is -2.37. The molecule has 0 bridgehead atoms. The average Bonchev–Trinajstić information content (AvgIpc) is 2.50. The molecule has 0 radical (unpaired) electrons. The summed E-state index contributed by atoms with van der Waals surface area (Å²) in [6, 6.07) is 6.84. The van der Waals surface area contributed by atoms with E-state index >= 15 is 0 Å². The van der Waals surface area contributed by atoms with Crippen LogP contribution in [-0.2, 0) is 18.4 Å². The van der Waals surface area contributed by atoms with Gasteiger partial charge in [0.15, 0.2) is 0 Å². The van der Waals surface area contributed by atoms with Crippen molar-refractivity contribution in [2.75, 3.05) is 13.1 Å². The summed E-state index contributed by atoms with van der Waals surface area (Å²) in [6.07, 6.45) is 0. The van der Waals surface area contributed by atoms with Crippen molar-refractivity contribution >= 4 is 16.8 Å². The van der Waals surface area contributed by atoms with Crippen LogP contribution in [0.1, 0.15) is 13.8 Å². The van der Waals surface area contributed by atoms with Crippen molar-refractivity contribution in [1.82, 2.24) is 14.0 Å². The number of carbonyl (C=O) groups excluding carboxylic acids is 1. The molecule has 21 heavy (non-hydrogen) atoms. The molecule has 0 N–H and O–H groups in total. The molecule has 0 aliphatic heterocycles. The van der Waals surface area contributed by atoms with Gasteiger partial charge in [0.2, 0.25) is 5.91 Å². The summed E-state index contributed by atoms with van der Waals surface area (Å²) in [7, 11) is 1.43. The Morgan fingerprint density at radius 3 is 2.38 bits per heavy atom. The molecule has 0 aliphatic rings. The van der Waals surface area contributed by atoms with Crippen LogP contribution in [0.25, 0.3) is 10.9 Å². The number of fused-ring (bicyclic) bond motifs is 1. The van der Waals surface area contributed by atoms with E-state index in [-0.39, 0.29) is 18.0 Å². The van der Waals surface area contributed by atoms with Crippen LogP contribution in [0.15, 0.2) is 33.9 Å². The monoisotopic (exact) mass is 289 g/mol. The molecule has 0 unspecified atom stereocenters. The second-order valence-electron chi connectivity index (χ2n) is 4.82. The molecule has 0 saturated carbocycles. The molecule has 112 valence electrons. The van der Waals surface area contributed by atoms with Crippen molar-refractivity contribution in [3.8, 4) is 0 Å². The first-order valence-electron chi connectivity index (χ1n) is 6.97. The van der Waals surface area contributed by atoms with E-state index in [0.717, 1.165) is 4.57 Å². The van der Waals surface area contributed by atoms with Gasteiger partial charge >= 0.3 is 5.69 Å². The number of carbonyl (C=O) groups is 1. The predicted molar refractivity (Wildman–Crippen MR) is 81.4 cm³/mol. The zero-order valence-electron chi connectivity index (χ0n) is 12.5. The zero-order valence-corrected chi connectivity index (χ0v) is 12.5. The van der Waals surface area contributed by atoms with E-state index in [1.165, 1.54) is 11.6 Å². The molecular formula is C15H19N3O3. The summed E-state index contributed by atoms with van der Waals surface area (Å²) in [5.41, 5.74) is -0.326. The van der Waals surface area contributed by atoms with Crippen LogP contribution in [0.3, 0.4) is 0 Å². The molecule has 1 aromatic carbocycles. The number of benzene rings is 1. The highest BCUT2D eigenvalue weighted by molar-refractivity contribution is 5.81. The molecule has 1 amide bonds. The maximum Gasteiger partial charge on any atom is 0.331 e. The predicted octanol–water partition coefficient (Wildman–Crippen LogP) is 0.569. The number of hydrogen-bond donors (Lipinski definition) is 0. The number of amides is 1. The van der Waals surface area contributed by atoms with Crippen molar-refractivity contribution in [1.29, 1.82) is 0 Å². The quantitative estimate of drug-likeness (QED) is 0.826. The van der Waals surface area contributed by atoms with Gasteiger partial charge in [-0.2, -0.15) is 0 Å². The van der Waals surface area contributed by atoms with Gasteiger partial charge in [-0.3, -0.25) is 18.7 Å². The largest absolute Gasteiger partial charge is 0.342 e. The Labute approximate surface area is 122 Å². The summed E-state index contributed by atoms with van der Waals surface area (Å²) < 4.78 is 2.40. The van der Waals surface area contributed by atoms with Crippen molar-refractivity contribution in [2.24, 2.45) is 7.05 Å². The highest BCUT2D eigenvalue weighted by atomic mass is 16.2.